The zero-order valence-corrected chi connectivity index (χ0v) is 13.8. The summed E-state index contributed by atoms with van der Waals surface area (Å²) in [7, 11) is 1.85. The molecule has 3 aromatic heterocycles. The number of hydrogen-bond donors (Lipinski definition) is 1. The van der Waals surface area contributed by atoms with E-state index in [0.29, 0.717) is 12.4 Å². The molecule has 1 aliphatic heterocycles. The Labute approximate surface area is 144 Å². The zero-order chi connectivity index (χ0) is 17.2. The molecule has 0 spiro atoms. The van der Waals surface area contributed by atoms with E-state index >= 15 is 0 Å². The molecule has 1 aliphatic rings. The first kappa shape index (κ1) is 15.4. The number of anilines is 2. The molecule has 9 nitrogen and oxygen atoms in total. The molecule has 0 unspecified atom stereocenters. The Morgan fingerprint density at radius 3 is 3.00 bits per heavy atom. The van der Waals surface area contributed by atoms with E-state index in [2.05, 4.69) is 35.3 Å². The smallest absolute Gasteiger partial charge is 0.230 e. The minimum absolute atomic E-state index is 0.0401. The first-order valence-corrected chi connectivity index (χ1v) is 8.17. The molecule has 9 heteroatoms. The van der Waals surface area contributed by atoms with E-state index in [0.717, 1.165) is 36.2 Å². The van der Waals surface area contributed by atoms with Crippen molar-refractivity contribution in [1.29, 1.82) is 0 Å². The molecule has 4 heterocycles. The minimum Gasteiger partial charge on any atom is -0.355 e. The van der Waals surface area contributed by atoms with E-state index in [1.807, 2.05) is 7.05 Å². The second-order valence-corrected chi connectivity index (χ2v) is 6.07. The molecule has 1 fully saturated rings. The van der Waals surface area contributed by atoms with Gasteiger partial charge >= 0.3 is 0 Å². The second-order valence-electron chi connectivity index (χ2n) is 6.07. The van der Waals surface area contributed by atoms with Gasteiger partial charge < -0.3 is 10.2 Å². The van der Waals surface area contributed by atoms with Gasteiger partial charge in [0, 0.05) is 32.5 Å². The highest BCUT2D eigenvalue weighted by molar-refractivity contribution is 5.92. The molecular formula is C16H18N8O. The fourth-order valence-corrected chi connectivity index (χ4v) is 3.18. The molecule has 128 valence electrons. The number of aryl methyl sites for hydroxylation is 1. The summed E-state index contributed by atoms with van der Waals surface area (Å²) in [5, 5.41) is 7.99. The summed E-state index contributed by atoms with van der Waals surface area (Å²) in [6.07, 6.45) is 9.75. The first-order chi connectivity index (χ1) is 12.2. The lowest BCUT2D eigenvalue weighted by Crippen LogP contribution is -2.41. The summed E-state index contributed by atoms with van der Waals surface area (Å²) in [5.41, 5.74) is 0.788. The Bertz CT molecular complexity index is 894. The van der Waals surface area contributed by atoms with Gasteiger partial charge in [0.25, 0.3) is 0 Å². The van der Waals surface area contributed by atoms with Crippen LogP contribution in [0.3, 0.4) is 0 Å². The van der Waals surface area contributed by atoms with E-state index in [4.69, 9.17) is 0 Å². The summed E-state index contributed by atoms with van der Waals surface area (Å²) in [5.74, 6) is 1.13. The van der Waals surface area contributed by atoms with Gasteiger partial charge in [-0.1, -0.05) is 0 Å². The normalized spacial score (nSPS) is 17.6. The summed E-state index contributed by atoms with van der Waals surface area (Å²) in [6.45, 7) is 1.46. The van der Waals surface area contributed by atoms with Gasteiger partial charge in [0.1, 0.15) is 12.1 Å². The Balaban J connectivity index is 1.53. The van der Waals surface area contributed by atoms with Crippen molar-refractivity contribution in [3.05, 3.63) is 31.1 Å². The summed E-state index contributed by atoms with van der Waals surface area (Å²) in [4.78, 5) is 31.5. The van der Waals surface area contributed by atoms with Gasteiger partial charge in [-0.3, -0.25) is 14.5 Å². The van der Waals surface area contributed by atoms with Crippen LogP contribution in [-0.4, -0.2) is 48.7 Å². The van der Waals surface area contributed by atoms with Crippen LogP contribution in [0.5, 0.6) is 0 Å². The molecule has 0 saturated carbocycles. The summed E-state index contributed by atoms with van der Waals surface area (Å²) in [6, 6.07) is 0. The molecule has 0 radical (unpaired) electrons. The molecule has 1 amide bonds. The van der Waals surface area contributed by atoms with Crippen molar-refractivity contribution in [3.8, 4) is 0 Å². The molecule has 25 heavy (non-hydrogen) atoms. The van der Waals surface area contributed by atoms with Gasteiger partial charge in [0.15, 0.2) is 11.5 Å². The monoisotopic (exact) mass is 338 g/mol. The third-order valence-corrected chi connectivity index (χ3v) is 4.41. The van der Waals surface area contributed by atoms with Crippen LogP contribution in [0.1, 0.15) is 12.8 Å². The van der Waals surface area contributed by atoms with Crippen LogP contribution < -0.4 is 10.2 Å². The highest BCUT2D eigenvalue weighted by atomic mass is 16.2. The van der Waals surface area contributed by atoms with Crippen LogP contribution in [0.15, 0.2) is 31.1 Å². The number of aromatic nitrogens is 6. The van der Waals surface area contributed by atoms with E-state index < -0.39 is 0 Å². The van der Waals surface area contributed by atoms with Crippen LogP contribution in [0.4, 0.5) is 11.6 Å². The van der Waals surface area contributed by atoms with Crippen LogP contribution in [0, 0.1) is 5.92 Å². The lowest BCUT2D eigenvalue weighted by atomic mass is 9.97. The van der Waals surface area contributed by atoms with Crippen LogP contribution in [0.2, 0.25) is 0 Å². The van der Waals surface area contributed by atoms with Crippen molar-refractivity contribution in [1.82, 2.24) is 29.7 Å². The van der Waals surface area contributed by atoms with Gasteiger partial charge in [-0.05, 0) is 12.8 Å². The SMILES string of the molecule is Cn1ncc2c(N3CCC[C@H](C(=O)Nc4cnccn4)C3)ncnc21. The number of carbonyl (C=O) groups excluding carboxylic acids is 1. The summed E-state index contributed by atoms with van der Waals surface area (Å²) < 4.78 is 1.72. The predicted molar refractivity (Wildman–Crippen MR) is 91.9 cm³/mol. The molecule has 1 saturated heterocycles. The lowest BCUT2D eigenvalue weighted by molar-refractivity contribution is -0.120. The van der Waals surface area contributed by atoms with Crippen LogP contribution >= 0.6 is 0 Å². The first-order valence-electron chi connectivity index (χ1n) is 8.17. The number of amides is 1. The Kier molecular flexibility index (Phi) is 3.96. The minimum atomic E-state index is -0.127. The maximum absolute atomic E-state index is 12.6. The third kappa shape index (κ3) is 3.00. The quantitative estimate of drug-likeness (QED) is 0.760. The number of piperidine rings is 1. The number of nitrogens with one attached hydrogen (secondary N) is 1. The second kappa shape index (κ2) is 6.42. The van der Waals surface area contributed by atoms with Crippen molar-refractivity contribution in [3.63, 3.8) is 0 Å². The van der Waals surface area contributed by atoms with Crippen molar-refractivity contribution in [2.75, 3.05) is 23.3 Å². The van der Waals surface area contributed by atoms with E-state index in [-0.39, 0.29) is 11.8 Å². The summed E-state index contributed by atoms with van der Waals surface area (Å²) >= 11 is 0. The molecular weight excluding hydrogens is 320 g/mol. The average molecular weight is 338 g/mol. The Morgan fingerprint density at radius 1 is 1.24 bits per heavy atom. The van der Waals surface area contributed by atoms with Crippen LogP contribution in [0.25, 0.3) is 11.0 Å². The fourth-order valence-electron chi connectivity index (χ4n) is 3.18. The van der Waals surface area contributed by atoms with Gasteiger partial charge in [-0.25, -0.2) is 15.0 Å². The molecule has 4 rings (SSSR count). The highest BCUT2D eigenvalue weighted by Crippen LogP contribution is 2.27. The topological polar surface area (TPSA) is 102 Å². The molecule has 0 aliphatic carbocycles. The van der Waals surface area contributed by atoms with E-state index in [1.54, 1.807) is 35.8 Å². The molecule has 0 aromatic carbocycles. The van der Waals surface area contributed by atoms with Crippen molar-refractivity contribution >= 4 is 28.6 Å². The number of carbonyl (C=O) groups is 1. The molecule has 1 N–H and O–H groups in total. The number of hydrogen-bond acceptors (Lipinski definition) is 7. The Morgan fingerprint density at radius 2 is 2.16 bits per heavy atom. The van der Waals surface area contributed by atoms with Gasteiger partial charge in [-0.2, -0.15) is 5.10 Å². The lowest BCUT2D eigenvalue weighted by Gasteiger charge is -2.32. The van der Waals surface area contributed by atoms with Crippen molar-refractivity contribution in [2.45, 2.75) is 12.8 Å². The van der Waals surface area contributed by atoms with Gasteiger partial charge in [0.05, 0.1) is 23.7 Å². The van der Waals surface area contributed by atoms with Crippen LogP contribution in [-0.2, 0) is 11.8 Å². The Hall–Kier alpha value is -3.10. The number of fused-ring (bicyclic) bond motifs is 1. The molecule has 0 bridgehead atoms. The van der Waals surface area contributed by atoms with Crippen molar-refractivity contribution in [2.24, 2.45) is 13.0 Å². The maximum atomic E-state index is 12.6. The fraction of sp³-hybridized carbons (Fsp3) is 0.375. The highest BCUT2D eigenvalue weighted by Gasteiger charge is 2.28. The number of rotatable bonds is 3. The maximum Gasteiger partial charge on any atom is 0.230 e. The third-order valence-electron chi connectivity index (χ3n) is 4.41. The zero-order valence-electron chi connectivity index (χ0n) is 13.8. The largest absolute Gasteiger partial charge is 0.355 e. The van der Waals surface area contributed by atoms with E-state index in [9.17, 15) is 4.79 Å². The van der Waals surface area contributed by atoms with E-state index in [1.165, 1.54) is 0 Å². The molecule has 1 atom stereocenters. The van der Waals surface area contributed by atoms with Gasteiger partial charge in [0.2, 0.25) is 5.91 Å². The predicted octanol–water partition coefficient (Wildman–Crippen LogP) is 1.01. The van der Waals surface area contributed by atoms with Gasteiger partial charge in [-0.15, -0.1) is 0 Å². The average Bonchev–Trinajstić information content (AvgIpc) is 3.04. The number of nitrogens with zero attached hydrogens (tertiary/aromatic N) is 7. The van der Waals surface area contributed by atoms with Crippen molar-refractivity contribution < 1.29 is 4.79 Å². The standard InChI is InChI=1S/C16H18N8O/c1-23-14-12(7-21-23)15(20-10-19-14)24-6-2-3-11(9-24)16(25)22-13-8-17-4-5-18-13/h4-5,7-8,10-11H,2-3,6,9H2,1H3,(H,18,22,25)/t11-/m0/s1. The molecule has 3 aromatic rings.